The molecule has 0 aliphatic heterocycles. The van der Waals surface area contributed by atoms with Gasteiger partial charge >= 0.3 is 5.97 Å². The Morgan fingerprint density at radius 1 is 1.45 bits per heavy atom. The number of ether oxygens (including phenoxy) is 1. The van der Waals surface area contributed by atoms with E-state index in [2.05, 4.69) is 25.5 Å². The molecule has 2 nitrogen and oxygen atoms in total. The number of esters is 1. The standard InChI is InChI=1S/C8H16O2S/c1-6(7(9)10-5)11-8(2,3)4/h6H,1-5H3. The van der Waals surface area contributed by atoms with E-state index in [-0.39, 0.29) is 16.0 Å². The fraction of sp³-hybridized carbons (Fsp3) is 0.875. The van der Waals surface area contributed by atoms with Crippen LogP contribution in [0.5, 0.6) is 0 Å². The van der Waals surface area contributed by atoms with E-state index in [4.69, 9.17) is 0 Å². The lowest BCUT2D eigenvalue weighted by atomic mass is 10.3. The maximum Gasteiger partial charge on any atom is 0.318 e. The fourth-order valence-electron chi connectivity index (χ4n) is 0.744. The molecule has 0 saturated heterocycles. The summed E-state index contributed by atoms with van der Waals surface area (Å²) in [5.74, 6) is -0.148. The molecule has 66 valence electrons. The second-order valence-electron chi connectivity index (χ2n) is 3.40. The highest BCUT2D eigenvalue weighted by molar-refractivity contribution is 8.01. The minimum absolute atomic E-state index is 0.0694. The summed E-state index contributed by atoms with van der Waals surface area (Å²) in [5.41, 5.74) is 0. The summed E-state index contributed by atoms with van der Waals surface area (Å²) < 4.78 is 4.72. The van der Waals surface area contributed by atoms with Crippen molar-refractivity contribution in [3.05, 3.63) is 0 Å². The van der Waals surface area contributed by atoms with Gasteiger partial charge in [-0.3, -0.25) is 4.79 Å². The van der Waals surface area contributed by atoms with Crippen LogP contribution in [0.1, 0.15) is 27.7 Å². The van der Waals surface area contributed by atoms with Gasteiger partial charge in [-0.15, -0.1) is 11.8 Å². The van der Waals surface area contributed by atoms with Crippen molar-refractivity contribution in [3.63, 3.8) is 0 Å². The van der Waals surface area contributed by atoms with Gasteiger partial charge in [0.25, 0.3) is 0 Å². The first-order valence-electron chi connectivity index (χ1n) is 3.62. The molecule has 0 aromatic rings. The lowest BCUT2D eigenvalue weighted by Crippen LogP contribution is -2.21. The van der Waals surface area contributed by atoms with Crippen LogP contribution in [0.25, 0.3) is 0 Å². The van der Waals surface area contributed by atoms with E-state index in [1.54, 1.807) is 11.8 Å². The average Bonchev–Trinajstić information content (AvgIpc) is 1.82. The molecule has 0 heterocycles. The van der Waals surface area contributed by atoms with Crippen molar-refractivity contribution >= 4 is 17.7 Å². The molecule has 0 saturated carbocycles. The minimum atomic E-state index is -0.148. The van der Waals surface area contributed by atoms with Crippen LogP contribution in [-0.4, -0.2) is 23.1 Å². The Balaban J connectivity index is 3.87. The third-order valence-electron chi connectivity index (χ3n) is 1.06. The van der Waals surface area contributed by atoms with E-state index >= 15 is 0 Å². The highest BCUT2D eigenvalue weighted by Gasteiger charge is 2.21. The Kier molecular flexibility index (Phi) is 3.93. The molecule has 0 bridgehead atoms. The molecule has 1 unspecified atom stereocenters. The summed E-state index contributed by atoms with van der Waals surface area (Å²) in [4.78, 5) is 10.9. The van der Waals surface area contributed by atoms with Gasteiger partial charge in [0.1, 0.15) is 5.25 Å². The third-order valence-corrected chi connectivity index (χ3v) is 2.32. The quantitative estimate of drug-likeness (QED) is 0.603. The lowest BCUT2D eigenvalue weighted by Gasteiger charge is -2.20. The smallest absolute Gasteiger partial charge is 0.318 e. The first-order chi connectivity index (χ1) is 4.87. The highest BCUT2D eigenvalue weighted by atomic mass is 32.2. The molecule has 0 aromatic heterocycles. The lowest BCUT2D eigenvalue weighted by molar-refractivity contribution is -0.139. The van der Waals surface area contributed by atoms with E-state index < -0.39 is 0 Å². The molecule has 0 radical (unpaired) electrons. The van der Waals surface area contributed by atoms with Crippen LogP contribution in [0.4, 0.5) is 0 Å². The maximum absolute atomic E-state index is 10.9. The van der Waals surface area contributed by atoms with Crippen molar-refractivity contribution in [2.45, 2.75) is 37.7 Å². The predicted octanol–water partition coefficient (Wildman–Crippen LogP) is 2.08. The van der Waals surface area contributed by atoms with Gasteiger partial charge in [-0.1, -0.05) is 20.8 Å². The first kappa shape index (κ1) is 10.8. The molecule has 0 aliphatic rings. The van der Waals surface area contributed by atoms with Crippen molar-refractivity contribution in [1.29, 1.82) is 0 Å². The van der Waals surface area contributed by atoms with Gasteiger partial charge < -0.3 is 4.74 Å². The first-order valence-corrected chi connectivity index (χ1v) is 4.50. The zero-order valence-electron chi connectivity index (χ0n) is 7.80. The maximum atomic E-state index is 10.9. The van der Waals surface area contributed by atoms with Crippen LogP contribution in [0.3, 0.4) is 0 Å². The normalized spacial score (nSPS) is 14.3. The van der Waals surface area contributed by atoms with Gasteiger partial charge in [-0.05, 0) is 6.92 Å². The molecule has 0 amide bonds. The van der Waals surface area contributed by atoms with Gasteiger partial charge in [0, 0.05) is 4.75 Å². The second kappa shape index (κ2) is 4.00. The van der Waals surface area contributed by atoms with Gasteiger partial charge in [-0.25, -0.2) is 0 Å². The average molecular weight is 176 g/mol. The van der Waals surface area contributed by atoms with Gasteiger partial charge in [-0.2, -0.15) is 0 Å². The van der Waals surface area contributed by atoms with Crippen LogP contribution >= 0.6 is 11.8 Å². The molecule has 0 aliphatic carbocycles. The topological polar surface area (TPSA) is 26.3 Å². The molecule has 3 heteroatoms. The van der Waals surface area contributed by atoms with Gasteiger partial charge in [0.05, 0.1) is 7.11 Å². The number of carbonyl (C=O) groups excluding carboxylic acids is 1. The molecule has 11 heavy (non-hydrogen) atoms. The van der Waals surface area contributed by atoms with Crippen LogP contribution in [0.2, 0.25) is 0 Å². The van der Waals surface area contributed by atoms with E-state index in [9.17, 15) is 4.79 Å². The monoisotopic (exact) mass is 176 g/mol. The number of hydrogen-bond acceptors (Lipinski definition) is 3. The van der Waals surface area contributed by atoms with Crippen LogP contribution in [0.15, 0.2) is 0 Å². The molecule has 0 N–H and O–H groups in total. The number of thioether (sulfide) groups is 1. The Morgan fingerprint density at radius 3 is 2.18 bits per heavy atom. The molecule has 0 fully saturated rings. The molecule has 1 atom stereocenters. The van der Waals surface area contributed by atoms with Crippen molar-refractivity contribution in [2.75, 3.05) is 7.11 Å². The van der Waals surface area contributed by atoms with Crippen LogP contribution in [-0.2, 0) is 9.53 Å². The Labute approximate surface area is 72.7 Å². The highest BCUT2D eigenvalue weighted by Crippen LogP contribution is 2.28. The summed E-state index contributed by atoms with van der Waals surface area (Å²) in [7, 11) is 1.42. The summed E-state index contributed by atoms with van der Waals surface area (Å²) in [6.07, 6.45) is 0. The minimum Gasteiger partial charge on any atom is -0.468 e. The Bertz CT molecular complexity index is 138. The van der Waals surface area contributed by atoms with E-state index in [0.717, 1.165) is 0 Å². The number of rotatable bonds is 2. The summed E-state index contributed by atoms with van der Waals surface area (Å²) in [6.45, 7) is 8.10. The van der Waals surface area contributed by atoms with Crippen molar-refractivity contribution in [2.24, 2.45) is 0 Å². The van der Waals surface area contributed by atoms with E-state index in [0.29, 0.717) is 0 Å². The fourth-order valence-corrected chi connectivity index (χ4v) is 2.00. The molecule has 0 spiro atoms. The van der Waals surface area contributed by atoms with Gasteiger partial charge in [0.2, 0.25) is 0 Å². The molecular weight excluding hydrogens is 160 g/mol. The van der Waals surface area contributed by atoms with Crippen molar-refractivity contribution < 1.29 is 9.53 Å². The second-order valence-corrected chi connectivity index (χ2v) is 5.56. The van der Waals surface area contributed by atoms with Crippen LogP contribution < -0.4 is 0 Å². The largest absolute Gasteiger partial charge is 0.468 e. The van der Waals surface area contributed by atoms with Crippen molar-refractivity contribution in [3.8, 4) is 0 Å². The molecule has 0 aromatic carbocycles. The van der Waals surface area contributed by atoms with Crippen molar-refractivity contribution in [1.82, 2.24) is 0 Å². The molecule has 0 rings (SSSR count). The summed E-state index contributed by atoms with van der Waals surface area (Å²) >= 11 is 1.61. The Hall–Kier alpha value is -0.180. The van der Waals surface area contributed by atoms with Gasteiger partial charge in [0.15, 0.2) is 0 Å². The zero-order chi connectivity index (χ0) is 9.07. The predicted molar refractivity (Wildman–Crippen MR) is 48.8 cm³/mol. The summed E-state index contributed by atoms with van der Waals surface area (Å²) in [5, 5.41) is -0.0694. The van der Waals surface area contributed by atoms with E-state index in [1.807, 2.05) is 6.92 Å². The third kappa shape index (κ3) is 5.13. The summed E-state index contributed by atoms with van der Waals surface area (Å²) in [6, 6.07) is 0. The number of methoxy groups -OCH3 is 1. The number of hydrogen-bond donors (Lipinski definition) is 0. The SMILES string of the molecule is COC(=O)C(C)SC(C)(C)C. The Morgan fingerprint density at radius 2 is 1.91 bits per heavy atom. The van der Waals surface area contributed by atoms with Crippen LogP contribution in [0, 0.1) is 0 Å². The van der Waals surface area contributed by atoms with E-state index in [1.165, 1.54) is 7.11 Å². The molecular formula is C8H16O2S. The number of carbonyl (C=O) groups is 1. The zero-order valence-corrected chi connectivity index (χ0v) is 8.62.